The Morgan fingerprint density at radius 1 is 0.963 bits per heavy atom. The summed E-state index contributed by atoms with van der Waals surface area (Å²) in [6, 6.07) is 17.9. The van der Waals surface area contributed by atoms with E-state index < -0.39 is 0 Å². The fourth-order valence-corrected chi connectivity index (χ4v) is 3.42. The van der Waals surface area contributed by atoms with E-state index >= 15 is 0 Å². The Kier molecular flexibility index (Phi) is 5.25. The fourth-order valence-electron chi connectivity index (χ4n) is 2.63. The van der Waals surface area contributed by atoms with Crippen LogP contribution in [-0.2, 0) is 6.42 Å². The number of nitrogens with zero attached hydrogens (tertiary/aromatic N) is 3. The zero-order valence-corrected chi connectivity index (χ0v) is 15.8. The molecular weight excluding hydrogens is 358 g/mol. The monoisotopic (exact) mass is 377 g/mol. The van der Waals surface area contributed by atoms with Gasteiger partial charge in [0.25, 0.3) is 0 Å². The molecule has 2 aromatic heterocycles. The van der Waals surface area contributed by atoms with Gasteiger partial charge in [0.2, 0.25) is 11.7 Å². The van der Waals surface area contributed by atoms with Crippen LogP contribution in [0.15, 0.2) is 64.5 Å². The molecule has 0 aliphatic heterocycles. The Bertz CT molecular complexity index is 994. The summed E-state index contributed by atoms with van der Waals surface area (Å²) in [5.41, 5.74) is 2.98. The van der Waals surface area contributed by atoms with E-state index in [1.54, 1.807) is 11.3 Å². The smallest absolute Gasteiger partial charge is 0.233 e. The van der Waals surface area contributed by atoms with Crippen molar-refractivity contribution in [1.82, 2.24) is 15.1 Å². The zero-order valence-electron chi connectivity index (χ0n) is 15.0. The molecule has 0 amide bonds. The van der Waals surface area contributed by atoms with Crippen LogP contribution in [0.1, 0.15) is 24.2 Å². The Labute approximate surface area is 161 Å². The largest absolute Gasteiger partial charge is 0.494 e. The number of aromatic nitrogens is 3. The van der Waals surface area contributed by atoms with Crippen LogP contribution in [0.25, 0.3) is 22.6 Å². The van der Waals surface area contributed by atoms with Gasteiger partial charge in [0.05, 0.1) is 18.7 Å². The third-order valence-electron chi connectivity index (χ3n) is 3.98. The van der Waals surface area contributed by atoms with Crippen LogP contribution in [0, 0.1) is 0 Å². The molecule has 2 aromatic carbocycles. The first-order chi connectivity index (χ1) is 13.3. The normalized spacial score (nSPS) is 10.9. The number of benzene rings is 2. The summed E-state index contributed by atoms with van der Waals surface area (Å²) in [5, 5.41) is 7.09. The van der Waals surface area contributed by atoms with Crippen molar-refractivity contribution in [2.45, 2.75) is 19.8 Å². The van der Waals surface area contributed by atoms with Gasteiger partial charge in [0.1, 0.15) is 10.8 Å². The van der Waals surface area contributed by atoms with Gasteiger partial charge in [0, 0.05) is 16.5 Å². The van der Waals surface area contributed by atoms with E-state index in [-0.39, 0.29) is 0 Å². The van der Waals surface area contributed by atoms with E-state index in [2.05, 4.69) is 39.6 Å². The van der Waals surface area contributed by atoms with E-state index in [0.29, 0.717) is 24.7 Å². The molecule has 0 unspecified atom stereocenters. The molecule has 6 heteroatoms. The van der Waals surface area contributed by atoms with Gasteiger partial charge in [-0.15, -0.1) is 11.3 Å². The summed E-state index contributed by atoms with van der Waals surface area (Å²) in [6.07, 6.45) is 1.51. The van der Waals surface area contributed by atoms with Gasteiger partial charge in [-0.05, 0) is 30.7 Å². The third-order valence-corrected chi connectivity index (χ3v) is 4.83. The summed E-state index contributed by atoms with van der Waals surface area (Å²) in [5.74, 6) is 1.98. The van der Waals surface area contributed by atoms with Crippen molar-refractivity contribution in [3.63, 3.8) is 0 Å². The lowest BCUT2D eigenvalue weighted by Gasteiger charge is -2.03. The van der Waals surface area contributed by atoms with E-state index in [0.717, 1.165) is 34.0 Å². The molecule has 4 rings (SSSR count). The Morgan fingerprint density at radius 2 is 1.78 bits per heavy atom. The molecule has 0 aliphatic rings. The second kappa shape index (κ2) is 8.14. The van der Waals surface area contributed by atoms with Crippen LogP contribution in [0.2, 0.25) is 0 Å². The van der Waals surface area contributed by atoms with Crippen molar-refractivity contribution < 1.29 is 9.26 Å². The maximum absolute atomic E-state index is 5.60. The van der Waals surface area contributed by atoms with Crippen LogP contribution < -0.4 is 4.74 Å². The first-order valence-corrected chi connectivity index (χ1v) is 9.75. The zero-order chi connectivity index (χ0) is 18.5. The predicted octanol–water partition coefficient (Wildman–Crippen LogP) is 5.24. The second-order valence-corrected chi connectivity index (χ2v) is 7.00. The summed E-state index contributed by atoms with van der Waals surface area (Å²) in [6.45, 7) is 2.80. The number of thiazole rings is 1. The lowest BCUT2D eigenvalue weighted by atomic mass is 10.2. The molecule has 0 fully saturated rings. The number of rotatable bonds is 7. The van der Waals surface area contributed by atoms with Crippen molar-refractivity contribution in [2.75, 3.05) is 6.61 Å². The highest BCUT2D eigenvalue weighted by Crippen LogP contribution is 2.24. The van der Waals surface area contributed by atoms with Gasteiger partial charge < -0.3 is 9.26 Å². The predicted molar refractivity (Wildman–Crippen MR) is 106 cm³/mol. The van der Waals surface area contributed by atoms with E-state index in [9.17, 15) is 0 Å². The molecule has 4 aromatic rings. The molecule has 0 bridgehead atoms. The highest BCUT2D eigenvalue weighted by molar-refractivity contribution is 7.10. The summed E-state index contributed by atoms with van der Waals surface area (Å²) in [4.78, 5) is 9.17. The van der Waals surface area contributed by atoms with Crippen molar-refractivity contribution in [3.05, 3.63) is 70.9 Å². The molecule has 0 radical (unpaired) electrons. The Morgan fingerprint density at radius 3 is 2.56 bits per heavy atom. The van der Waals surface area contributed by atoms with E-state index in [1.165, 1.54) is 0 Å². The quantitative estimate of drug-likeness (QED) is 0.441. The van der Waals surface area contributed by atoms with Crippen LogP contribution in [0.4, 0.5) is 0 Å². The maximum Gasteiger partial charge on any atom is 0.233 e. The maximum atomic E-state index is 5.60. The molecular formula is C21H19N3O2S. The summed E-state index contributed by atoms with van der Waals surface area (Å²) >= 11 is 1.60. The standard InChI is InChI=1S/C21H19N3O2S/c1-2-12-25-17-10-8-16(9-11-17)21-23-19(26-24-21)13-20-22-18(14-27-20)15-6-4-3-5-7-15/h3-11,14H,2,12-13H2,1H3. The SMILES string of the molecule is CCCOc1ccc(-c2noc(Cc3nc(-c4ccccc4)cs3)n2)cc1. The Balaban J connectivity index is 1.45. The summed E-state index contributed by atoms with van der Waals surface area (Å²) < 4.78 is 11.0. The van der Waals surface area contributed by atoms with Gasteiger partial charge in [0.15, 0.2) is 0 Å². The van der Waals surface area contributed by atoms with Crippen LogP contribution in [0.3, 0.4) is 0 Å². The van der Waals surface area contributed by atoms with Crippen LogP contribution in [-0.4, -0.2) is 21.7 Å². The molecule has 0 saturated heterocycles. The van der Waals surface area contributed by atoms with Gasteiger partial charge in [-0.3, -0.25) is 0 Å². The molecule has 0 aliphatic carbocycles. The highest BCUT2D eigenvalue weighted by Gasteiger charge is 2.12. The van der Waals surface area contributed by atoms with Gasteiger partial charge >= 0.3 is 0 Å². The number of hydrogen-bond acceptors (Lipinski definition) is 6. The molecule has 0 saturated carbocycles. The number of ether oxygens (including phenoxy) is 1. The molecule has 0 atom stereocenters. The average Bonchev–Trinajstić information content (AvgIpc) is 3.38. The van der Waals surface area contributed by atoms with Crippen LogP contribution >= 0.6 is 11.3 Å². The first-order valence-electron chi connectivity index (χ1n) is 8.87. The van der Waals surface area contributed by atoms with Gasteiger partial charge in [-0.25, -0.2) is 4.98 Å². The topological polar surface area (TPSA) is 61.0 Å². The fraction of sp³-hybridized carbons (Fsp3) is 0.190. The number of hydrogen-bond donors (Lipinski definition) is 0. The molecule has 5 nitrogen and oxygen atoms in total. The van der Waals surface area contributed by atoms with Crippen molar-refractivity contribution in [3.8, 4) is 28.4 Å². The molecule has 27 heavy (non-hydrogen) atoms. The van der Waals surface area contributed by atoms with Crippen molar-refractivity contribution in [1.29, 1.82) is 0 Å². The average molecular weight is 377 g/mol. The van der Waals surface area contributed by atoms with Crippen LogP contribution in [0.5, 0.6) is 5.75 Å². The lowest BCUT2D eigenvalue weighted by molar-refractivity contribution is 0.317. The minimum Gasteiger partial charge on any atom is -0.494 e. The van der Waals surface area contributed by atoms with E-state index in [4.69, 9.17) is 9.26 Å². The summed E-state index contributed by atoms with van der Waals surface area (Å²) in [7, 11) is 0. The van der Waals surface area contributed by atoms with Gasteiger partial charge in [-0.2, -0.15) is 4.98 Å². The second-order valence-electron chi connectivity index (χ2n) is 6.05. The van der Waals surface area contributed by atoms with Crippen molar-refractivity contribution in [2.24, 2.45) is 0 Å². The van der Waals surface area contributed by atoms with E-state index in [1.807, 2.05) is 42.5 Å². The molecule has 0 spiro atoms. The Hall–Kier alpha value is -2.99. The highest BCUT2D eigenvalue weighted by atomic mass is 32.1. The third kappa shape index (κ3) is 4.23. The van der Waals surface area contributed by atoms with Gasteiger partial charge in [-0.1, -0.05) is 42.4 Å². The lowest BCUT2D eigenvalue weighted by Crippen LogP contribution is -1.94. The minimum absolute atomic E-state index is 0.530. The molecule has 136 valence electrons. The first kappa shape index (κ1) is 17.4. The minimum atomic E-state index is 0.530. The molecule has 0 N–H and O–H groups in total. The molecule has 2 heterocycles. The van der Waals surface area contributed by atoms with Crippen molar-refractivity contribution >= 4 is 11.3 Å².